The molecule has 1 aliphatic heterocycles. The molecular formula is C30H35FN10O7. The Morgan fingerprint density at radius 3 is 2.10 bits per heavy atom. The minimum atomic E-state index is -1.68. The van der Waals surface area contributed by atoms with E-state index in [-0.39, 0.29) is 32.4 Å². The molecule has 1 saturated heterocycles. The summed E-state index contributed by atoms with van der Waals surface area (Å²) in [4.78, 5) is 35.0. The number of aliphatic hydroxyl groups excluding tert-OH is 1. The van der Waals surface area contributed by atoms with Gasteiger partial charge in [0.1, 0.15) is 25.5 Å². The summed E-state index contributed by atoms with van der Waals surface area (Å²) in [6, 6.07) is 13.5. The lowest BCUT2D eigenvalue weighted by atomic mass is 9.84. The highest BCUT2D eigenvalue weighted by Crippen LogP contribution is 2.35. The minimum Gasteiger partial charge on any atom is -0.459 e. The first-order chi connectivity index (χ1) is 23.3. The molecule has 1 N–H and O–H groups in total. The summed E-state index contributed by atoms with van der Waals surface area (Å²) >= 11 is 0. The normalized spacial score (nSPS) is 27.1. The molecule has 2 aromatic rings. The molecule has 1 amide bonds. The van der Waals surface area contributed by atoms with E-state index in [9.17, 15) is 25.8 Å². The first-order valence-corrected chi connectivity index (χ1v) is 15.2. The smallest absolute Gasteiger partial charge is 0.410 e. The molecule has 18 heteroatoms. The minimum absolute atomic E-state index is 0.0145. The van der Waals surface area contributed by atoms with Crippen molar-refractivity contribution in [3.63, 3.8) is 0 Å². The monoisotopic (exact) mass is 666 g/mol. The molecule has 0 aromatic heterocycles. The van der Waals surface area contributed by atoms with Crippen molar-refractivity contribution in [2.24, 2.45) is 15.3 Å². The van der Waals surface area contributed by atoms with Gasteiger partial charge in [-0.3, -0.25) is 9.69 Å². The van der Waals surface area contributed by atoms with Gasteiger partial charge in [0, 0.05) is 28.2 Å². The summed E-state index contributed by atoms with van der Waals surface area (Å²) in [6.45, 7) is -0.00218. The highest BCUT2D eigenvalue weighted by atomic mass is 19.1. The van der Waals surface area contributed by atoms with Crippen LogP contribution in [0.15, 0.2) is 76.0 Å². The fourth-order valence-corrected chi connectivity index (χ4v) is 5.85. The molecule has 254 valence electrons. The molecule has 2 fully saturated rings. The van der Waals surface area contributed by atoms with E-state index in [2.05, 4.69) is 30.1 Å². The molecule has 1 unspecified atom stereocenters. The highest BCUT2D eigenvalue weighted by molar-refractivity contribution is 5.68. The van der Waals surface area contributed by atoms with Crippen molar-refractivity contribution in [1.29, 1.82) is 0 Å². The number of esters is 1. The molecule has 0 bridgehead atoms. The third-order valence-corrected chi connectivity index (χ3v) is 8.10. The number of azide groups is 3. The maximum absolute atomic E-state index is 15.0. The van der Waals surface area contributed by atoms with Gasteiger partial charge in [0.2, 0.25) is 0 Å². The average Bonchev–Trinajstić information content (AvgIpc) is 3.09. The summed E-state index contributed by atoms with van der Waals surface area (Å²) in [5.74, 6) is -0.775. The molecule has 2 aromatic carbocycles. The van der Waals surface area contributed by atoms with E-state index in [1.165, 1.54) is 4.90 Å². The first-order valence-electron chi connectivity index (χ1n) is 15.2. The van der Waals surface area contributed by atoms with Crippen LogP contribution in [0.1, 0.15) is 37.3 Å². The summed E-state index contributed by atoms with van der Waals surface area (Å²) in [5.41, 5.74) is 29.0. The largest absolute Gasteiger partial charge is 0.459 e. The maximum atomic E-state index is 15.0. The van der Waals surface area contributed by atoms with Gasteiger partial charge in [-0.05, 0) is 47.0 Å². The first kappa shape index (κ1) is 35.8. The number of aliphatic hydroxyl groups is 1. The lowest BCUT2D eigenvalue weighted by Gasteiger charge is -2.45. The van der Waals surface area contributed by atoms with Crippen LogP contribution < -0.4 is 0 Å². The number of benzene rings is 2. The molecule has 1 aliphatic carbocycles. The fraction of sp³-hybridized carbons (Fsp3) is 0.533. The number of carbonyl (C=O) groups excluding carboxylic acids is 2. The number of nitrogens with zero attached hydrogens (tertiary/aromatic N) is 10. The number of alkyl halides is 1. The molecule has 2 aliphatic rings. The molecule has 48 heavy (non-hydrogen) atoms. The van der Waals surface area contributed by atoms with Crippen LogP contribution in [0.5, 0.6) is 0 Å². The van der Waals surface area contributed by atoms with Crippen LogP contribution in [0.4, 0.5) is 9.18 Å². The van der Waals surface area contributed by atoms with Crippen molar-refractivity contribution in [3.05, 3.63) is 103 Å². The summed E-state index contributed by atoms with van der Waals surface area (Å²) in [6.07, 6.45) is -7.53. The number of ether oxygens (including phenoxy) is 4. The topological polar surface area (TPSA) is 241 Å². The van der Waals surface area contributed by atoms with Crippen molar-refractivity contribution >= 4 is 12.1 Å². The van der Waals surface area contributed by atoms with Crippen molar-refractivity contribution in [3.8, 4) is 0 Å². The van der Waals surface area contributed by atoms with Crippen LogP contribution in [0, 0.1) is 0 Å². The predicted octanol–water partition coefficient (Wildman–Crippen LogP) is 5.79. The van der Waals surface area contributed by atoms with E-state index in [0.717, 1.165) is 12.5 Å². The van der Waals surface area contributed by atoms with Gasteiger partial charge in [-0.2, -0.15) is 0 Å². The highest BCUT2D eigenvalue weighted by Gasteiger charge is 2.49. The Kier molecular flexibility index (Phi) is 13.2. The number of rotatable bonds is 13. The zero-order valence-electron chi connectivity index (χ0n) is 26.0. The van der Waals surface area contributed by atoms with Crippen LogP contribution in [0.2, 0.25) is 0 Å². The second-order valence-electron chi connectivity index (χ2n) is 11.2. The van der Waals surface area contributed by atoms with E-state index in [1.807, 2.05) is 6.07 Å². The van der Waals surface area contributed by atoms with Gasteiger partial charge in [-0.25, -0.2) is 9.18 Å². The van der Waals surface area contributed by atoms with Crippen LogP contribution in [0.3, 0.4) is 0 Å². The van der Waals surface area contributed by atoms with Crippen LogP contribution in [-0.4, -0.2) is 83.6 Å². The van der Waals surface area contributed by atoms with Crippen LogP contribution in [0.25, 0.3) is 31.3 Å². The van der Waals surface area contributed by atoms with Gasteiger partial charge in [0.25, 0.3) is 0 Å². The number of amides is 1. The van der Waals surface area contributed by atoms with E-state index in [1.54, 1.807) is 54.6 Å². The Bertz CT molecular complexity index is 1520. The Morgan fingerprint density at radius 2 is 1.52 bits per heavy atom. The summed E-state index contributed by atoms with van der Waals surface area (Å²) in [5, 5.41) is 22.3. The third kappa shape index (κ3) is 9.26. The van der Waals surface area contributed by atoms with Crippen LogP contribution in [-0.2, 0) is 36.9 Å². The molecule has 17 nitrogen and oxygen atoms in total. The van der Waals surface area contributed by atoms with E-state index < -0.39 is 73.6 Å². The Morgan fingerprint density at radius 1 is 0.938 bits per heavy atom. The van der Waals surface area contributed by atoms with Gasteiger partial charge in [-0.15, -0.1) is 0 Å². The van der Waals surface area contributed by atoms with Gasteiger partial charge in [-0.1, -0.05) is 76.0 Å². The molecule has 1 saturated carbocycles. The van der Waals surface area contributed by atoms with E-state index >= 15 is 4.39 Å². The summed E-state index contributed by atoms with van der Waals surface area (Å²) < 4.78 is 38.2. The maximum Gasteiger partial charge on any atom is 0.410 e. The number of halogens is 1. The fourth-order valence-electron chi connectivity index (χ4n) is 5.85. The van der Waals surface area contributed by atoms with Crippen molar-refractivity contribution in [1.82, 2.24) is 4.90 Å². The molecule has 9 atom stereocenters. The quantitative estimate of drug-likeness (QED) is 0.119. The number of hydrogen-bond donors (Lipinski definition) is 1. The molecular weight excluding hydrogens is 631 g/mol. The zero-order valence-corrected chi connectivity index (χ0v) is 26.0. The van der Waals surface area contributed by atoms with Crippen molar-refractivity contribution in [2.45, 2.75) is 94.2 Å². The number of hydrogen-bond acceptors (Lipinski definition) is 10. The van der Waals surface area contributed by atoms with Gasteiger partial charge >= 0.3 is 12.1 Å². The van der Waals surface area contributed by atoms with Crippen molar-refractivity contribution < 1.29 is 38.0 Å². The predicted molar refractivity (Wildman–Crippen MR) is 166 cm³/mol. The molecule has 4 rings (SSSR count). The standard InChI is InChI=1S/C30H35FN10O7/c1-18(42)46-27-22(36-39-33)14-23(37-40-34)28(26(27)43)48-29-21(35-38-32)12-13-25(47-29)24(15-31)41(16-19-8-4-2-5-9-19)30(44)45-17-20-10-6-3-7-11-20/h2-11,21-29,43H,12-17H2,1H3/t21-,22-,23+,24?,25+,26-,27+,28-,29-/m1/s1. The van der Waals surface area contributed by atoms with Gasteiger partial charge in [0.05, 0.1) is 36.4 Å². The Balaban J connectivity index is 1.61. The third-order valence-electron chi connectivity index (χ3n) is 8.10. The molecule has 0 radical (unpaired) electrons. The van der Waals surface area contributed by atoms with E-state index in [0.29, 0.717) is 5.56 Å². The molecule has 0 spiro atoms. The lowest BCUT2D eigenvalue weighted by molar-refractivity contribution is -0.261. The number of carbonyl (C=O) groups is 2. The van der Waals surface area contributed by atoms with Gasteiger partial charge in [0.15, 0.2) is 6.29 Å². The second-order valence-corrected chi connectivity index (χ2v) is 11.2. The SMILES string of the molecule is CC(=O)O[C@@H]1[C@@H](O)[C@H](O[C@H]2O[C@H](C(CF)N(Cc3ccccc3)C(=O)OCc3ccccc3)CC[C@H]2N=[N+]=[N-])[C@@H](N=[N+]=[N-])C[C@H]1N=[N+]=[N-]. The van der Waals surface area contributed by atoms with Crippen LogP contribution >= 0.6 is 0 Å². The average molecular weight is 667 g/mol. The lowest BCUT2D eigenvalue weighted by Crippen LogP contribution is -2.60. The molecule has 1 heterocycles. The Hall–Kier alpha value is -5.08. The van der Waals surface area contributed by atoms with Gasteiger partial charge < -0.3 is 24.1 Å². The van der Waals surface area contributed by atoms with E-state index in [4.69, 9.17) is 24.5 Å². The summed E-state index contributed by atoms with van der Waals surface area (Å²) in [7, 11) is 0. The van der Waals surface area contributed by atoms with Crippen molar-refractivity contribution in [2.75, 3.05) is 6.67 Å². The zero-order chi connectivity index (χ0) is 34.5. The Labute approximate surface area is 274 Å². The second kappa shape index (κ2) is 17.7.